The molecule has 1 amide bonds. The van der Waals surface area contributed by atoms with Gasteiger partial charge in [0.05, 0.1) is 12.0 Å². The van der Waals surface area contributed by atoms with E-state index in [-0.39, 0.29) is 17.8 Å². The number of nitriles is 1. The van der Waals surface area contributed by atoms with Crippen molar-refractivity contribution in [1.29, 1.82) is 5.26 Å². The van der Waals surface area contributed by atoms with E-state index in [0.29, 0.717) is 11.3 Å². The molecule has 0 unspecified atom stereocenters. The number of carbonyl (C=O) groups is 1. The van der Waals surface area contributed by atoms with Gasteiger partial charge in [-0.3, -0.25) is 14.9 Å². The molecule has 0 atom stereocenters. The highest BCUT2D eigenvalue weighted by Crippen LogP contribution is 2.15. The van der Waals surface area contributed by atoms with Crippen molar-refractivity contribution in [1.82, 2.24) is 5.32 Å². The second kappa shape index (κ2) is 8.26. The molecule has 0 saturated carbocycles. The highest BCUT2D eigenvalue weighted by Gasteiger charge is 2.10. The molecule has 2 rings (SSSR count). The molecule has 7 heteroatoms. The number of nitrogens with one attached hydrogen (secondary N) is 1. The zero-order valence-electron chi connectivity index (χ0n) is 13.4. The molecule has 25 heavy (non-hydrogen) atoms. The molecule has 0 fully saturated rings. The molecule has 0 aliphatic rings. The van der Waals surface area contributed by atoms with Gasteiger partial charge in [0, 0.05) is 18.7 Å². The Morgan fingerprint density at radius 2 is 2.04 bits per heavy atom. The fraction of sp³-hybridized carbons (Fsp3) is 0.111. The van der Waals surface area contributed by atoms with Gasteiger partial charge in [-0.05, 0) is 41.5 Å². The average Bonchev–Trinajstić information content (AvgIpc) is 2.64. The van der Waals surface area contributed by atoms with Crippen LogP contribution in [0, 0.1) is 21.4 Å². The van der Waals surface area contributed by atoms with E-state index in [0.717, 1.165) is 5.56 Å². The summed E-state index contributed by atoms with van der Waals surface area (Å²) in [7, 11) is 1.55. The maximum Gasteiger partial charge on any atom is 0.269 e. The Labute approximate surface area is 144 Å². The van der Waals surface area contributed by atoms with Crippen LogP contribution < -0.4 is 10.1 Å². The second-order valence-corrected chi connectivity index (χ2v) is 5.05. The predicted octanol–water partition coefficient (Wildman–Crippen LogP) is 2.83. The van der Waals surface area contributed by atoms with Gasteiger partial charge in [0.2, 0.25) is 0 Å². The zero-order valence-corrected chi connectivity index (χ0v) is 13.4. The van der Waals surface area contributed by atoms with Crippen LogP contribution in [0.4, 0.5) is 5.69 Å². The molecule has 7 nitrogen and oxygen atoms in total. The third-order valence-corrected chi connectivity index (χ3v) is 3.37. The third-order valence-electron chi connectivity index (χ3n) is 3.37. The molecule has 0 saturated heterocycles. The van der Waals surface area contributed by atoms with Crippen LogP contribution in [0.3, 0.4) is 0 Å². The van der Waals surface area contributed by atoms with Gasteiger partial charge in [0.1, 0.15) is 17.4 Å². The Morgan fingerprint density at radius 3 is 2.64 bits per heavy atom. The van der Waals surface area contributed by atoms with Gasteiger partial charge >= 0.3 is 0 Å². The number of nitro groups is 1. The van der Waals surface area contributed by atoms with Gasteiger partial charge < -0.3 is 10.1 Å². The van der Waals surface area contributed by atoms with Crippen molar-refractivity contribution < 1.29 is 14.5 Å². The van der Waals surface area contributed by atoms with E-state index in [2.05, 4.69) is 5.32 Å². The first-order chi connectivity index (χ1) is 12.0. The largest absolute Gasteiger partial charge is 0.497 e. The van der Waals surface area contributed by atoms with E-state index >= 15 is 0 Å². The lowest BCUT2D eigenvalue weighted by molar-refractivity contribution is -0.384. The summed E-state index contributed by atoms with van der Waals surface area (Å²) < 4.78 is 5.11. The van der Waals surface area contributed by atoms with Crippen LogP contribution >= 0.6 is 0 Å². The minimum absolute atomic E-state index is 0.0573. The van der Waals surface area contributed by atoms with Crippen LogP contribution in [0.5, 0.6) is 5.75 Å². The number of carbonyl (C=O) groups excluding carboxylic acids is 1. The second-order valence-electron chi connectivity index (χ2n) is 5.05. The number of methoxy groups -OCH3 is 1. The maximum atomic E-state index is 12.1. The summed E-state index contributed by atoms with van der Waals surface area (Å²) in [5.41, 5.74) is 1.22. The van der Waals surface area contributed by atoms with Crippen molar-refractivity contribution >= 4 is 17.7 Å². The number of ether oxygens (including phenoxy) is 1. The summed E-state index contributed by atoms with van der Waals surface area (Å²) in [6.45, 7) is 0.245. The molecule has 1 N–H and O–H groups in total. The molecule has 0 radical (unpaired) electrons. The van der Waals surface area contributed by atoms with Gasteiger partial charge in [-0.2, -0.15) is 5.26 Å². The Bertz CT molecular complexity index is 851. The van der Waals surface area contributed by atoms with Crippen LogP contribution in [0.1, 0.15) is 11.1 Å². The lowest BCUT2D eigenvalue weighted by atomic mass is 10.1. The van der Waals surface area contributed by atoms with E-state index in [1.165, 1.54) is 30.3 Å². The number of hydrogen-bond donors (Lipinski definition) is 1. The Hall–Kier alpha value is -3.66. The highest BCUT2D eigenvalue weighted by molar-refractivity contribution is 6.01. The number of non-ortho nitro benzene ring substituents is 1. The fourth-order valence-electron chi connectivity index (χ4n) is 2.07. The van der Waals surface area contributed by atoms with E-state index in [9.17, 15) is 20.2 Å². The number of rotatable bonds is 6. The summed E-state index contributed by atoms with van der Waals surface area (Å²) in [6, 6.07) is 14.6. The number of benzene rings is 2. The van der Waals surface area contributed by atoms with Crippen molar-refractivity contribution in [3.05, 3.63) is 75.3 Å². The Kier molecular flexibility index (Phi) is 5.85. The summed E-state index contributed by atoms with van der Waals surface area (Å²) in [6.07, 6.45) is 1.38. The van der Waals surface area contributed by atoms with Crippen molar-refractivity contribution in [2.45, 2.75) is 6.54 Å². The standard InChI is InChI=1S/C18H15N3O4/c1-25-17-4-2-3-14(10-17)12-20-18(22)15(11-19)9-13-5-7-16(8-6-13)21(23)24/h2-10H,12H2,1H3,(H,20,22)/b15-9+. The van der Waals surface area contributed by atoms with Crippen molar-refractivity contribution in [3.8, 4) is 11.8 Å². The first kappa shape index (κ1) is 17.7. The van der Waals surface area contributed by atoms with Crippen LogP contribution in [0.2, 0.25) is 0 Å². The first-order valence-electron chi connectivity index (χ1n) is 7.31. The minimum atomic E-state index is -0.524. The summed E-state index contributed by atoms with van der Waals surface area (Å²) in [5, 5.41) is 22.5. The number of hydrogen-bond acceptors (Lipinski definition) is 5. The maximum absolute atomic E-state index is 12.1. The summed E-state index contributed by atoms with van der Waals surface area (Å²) >= 11 is 0. The average molecular weight is 337 g/mol. The van der Waals surface area contributed by atoms with Crippen molar-refractivity contribution in [2.75, 3.05) is 7.11 Å². The van der Waals surface area contributed by atoms with Gasteiger partial charge in [0.15, 0.2) is 0 Å². The number of nitro benzene ring substituents is 1. The SMILES string of the molecule is COc1cccc(CNC(=O)/C(C#N)=C/c2ccc([N+](=O)[O-])cc2)c1. The van der Waals surface area contributed by atoms with E-state index in [1.54, 1.807) is 25.3 Å². The third kappa shape index (κ3) is 4.91. The van der Waals surface area contributed by atoms with Gasteiger partial charge in [-0.15, -0.1) is 0 Å². The zero-order chi connectivity index (χ0) is 18.2. The molecule has 0 aromatic heterocycles. The van der Waals surface area contributed by atoms with Crippen molar-refractivity contribution in [2.24, 2.45) is 0 Å². The van der Waals surface area contributed by atoms with Crippen LogP contribution in [0.25, 0.3) is 6.08 Å². The van der Waals surface area contributed by atoms with Gasteiger partial charge in [-0.1, -0.05) is 12.1 Å². The van der Waals surface area contributed by atoms with Crippen molar-refractivity contribution in [3.63, 3.8) is 0 Å². The fourth-order valence-corrected chi connectivity index (χ4v) is 2.07. The lowest BCUT2D eigenvalue weighted by Crippen LogP contribution is -2.23. The molecule has 2 aromatic rings. The number of amides is 1. The lowest BCUT2D eigenvalue weighted by Gasteiger charge is -2.06. The molecule has 0 bridgehead atoms. The van der Waals surface area contributed by atoms with E-state index in [4.69, 9.17) is 4.74 Å². The minimum Gasteiger partial charge on any atom is -0.497 e. The Morgan fingerprint density at radius 1 is 1.32 bits per heavy atom. The predicted molar refractivity (Wildman–Crippen MR) is 91.5 cm³/mol. The molecular formula is C18H15N3O4. The number of nitrogens with zero attached hydrogens (tertiary/aromatic N) is 2. The van der Waals surface area contributed by atoms with Gasteiger partial charge in [-0.25, -0.2) is 0 Å². The summed E-state index contributed by atoms with van der Waals surface area (Å²) in [5.74, 6) is 0.150. The van der Waals surface area contributed by atoms with Crippen LogP contribution in [-0.4, -0.2) is 17.9 Å². The first-order valence-corrected chi connectivity index (χ1v) is 7.31. The van der Waals surface area contributed by atoms with Crippen LogP contribution in [-0.2, 0) is 11.3 Å². The molecular weight excluding hydrogens is 322 g/mol. The quantitative estimate of drug-likeness (QED) is 0.378. The molecule has 0 spiro atoms. The van der Waals surface area contributed by atoms with Crippen LogP contribution in [0.15, 0.2) is 54.1 Å². The van der Waals surface area contributed by atoms with E-state index in [1.807, 2.05) is 12.1 Å². The normalized spacial score (nSPS) is 10.6. The summed E-state index contributed by atoms with van der Waals surface area (Å²) in [4.78, 5) is 22.3. The van der Waals surface area contributed by atoms with Gasteiger partial charge in [0.25, 0.3) is 11.6 Å². The molecule has 0 heterocycles. The highest BCUT2D eigenvalue weighted by atomic mass is 16.6. The molecule has 2 aromatic carbocycles. The molecule has 0 aliphatic heterocycles. The smallest absolute Gasteiger partial charge is 0.269 e. The van der Waals surface area contributed by atoms with E-state index < -0.39 is 10.8 Å². The monoisotopic (exact) mass is 337 g/mol. The molecule has 126 valence electrons. The molecule has 0 aliphatic carbocycles. The Balaban J connectivity index is 2.07. The topological polar surface area (TPSA) is 105 Å².